The van der Waals surface area contributed by atoms with Gasteiger partial charge in [0.1, 0.15) is 15.9 Å². The topological polar surface area (TPSA) is 108 Å². The Morgan fingerprint density at radius 3 is 1.97 bits per heavy atom. The number of ether oxygens (including phenoxy) is 3. The molecule has 2 aliphatic carbocycles. The van der Waals surface area contributed by atoms with Crippen molar-refractivity contribution in [2.75, 3.05) is 13.2 Å². The first-order chi connectivity index (χ1) is 13.9. The van der Waals surface area contributed by atoms with E-state index < -0.39 is 0 Å². The van der Waals surface area contributed by atoms with Crippen LogP contribution in [0.25, 0.3) is 0 Å². The third-order valence-electron chi connectivity index (χ3n) is 3.25. The van der Waals surface area contributed by atoms with Crippen molar-refractivity contribution >= 4 is 46.2 Å². The molecule has 8 nitrogen and oxygen atoms in total. The monoisotopic (exact) mass is 462 g/mol. The van der Waals surface area contributed by atoms with E-state index in [9.17, 15) is 9.59 Å². The first-order valence-corrected chi connectivity index (χ1v) is 11.2. The fraction of sp³-hybridized carbons (Fsp3) is 0.556. The molecular formula is C18H23ClN2O6S2. The lowest BCUT2D eigenvalue weighted by atomic mass is 10.6. The summed E-state index contributed by atoms with van der Waals surface area (Å²) in [6.45, 7) is 4.28. The molecule has 11 heteroatoms. The van der Waals surface area contributed by atoms with Crippen LogP contribution in [0.4, 0.5) is 0 Å². The molecule has 29 heavy (non-hydrogen) atoms. The van der Waals surface area contributed by atoms with Gasteiger partial charge < -0.3 is 19.3 Å². The second kappa shape index (κ2) is 12.1. The normalized spacial score (nSPS) is 14.6. The quantitative estimate of drug-likeness (QED) is 0.642. The largest absolute Gasteiger partial charge is 0.467 e. The third-order valence-corrected chi connectivity index (χ3v) is 5.22. The van der Waals surface area contributed by atoms with E-state index in [0.29, 0.717) is 38.7 Å². The first-order valence-electron chi connectivity index (χ1n) is 9.19. The summed E-state index contributed by atoms with van der Waals surface area (Å²) in [5.41, 5.74) is 0. The predicted octanol–water partition coefficient (Wildman–Crippen LogP) is 3.98. The minimum absolute atomic E-state index is 0.0833. The molecule has 0 atom stereocenters. The molecule has 0 saturated heterocycles. The minimum Gasteiger partial charge on any atom is -0.467 e. The molecular weight excluding hydrogens is 440 g/mol. The zero-order valence-corrected chi connectivity index (χ0v) is 18.5. The van der Waals surface area contributed by atoms with Crippen LogP contribution in [0.5, 0.6) is 5.19 Å². The number of aliphatic hydroxyl groups excluding tert-OH is 1. The van der Waals surface area contributed by atoms with E-state index in [-0.39, 0.29) is 18.0 Å². The van der Waals surface area contributed by atoms with Crippen molar-refractivity contribution in [2.45, 2.75) is 51.7 Å². The van der Waals surface area contributed by atoms with E-state index in [1.54, 1.807) is 13.8 Å². The van der Waals surface area contributed by atoms with Gasteiger partial charge in [-0.1, -0.05) is 34.3 Å². The first kappa shape index (κ1) is 23.5. The number of aromatic nitrogens is 2. The summed E-state index contributed by atoms with van der Waals surface area (Å²) in [5.74, 6) is -0.687. The molecule has 2 heterocycles. The lowest BCUT2D eigenvalue weighted by molar-refractivity contribution is 0.0522. The molecule has 160 valence electrons. The number of aliphatic hydroxyl groups is 1. The molecule has 2 fully saturated rings. The predicted molar refractivity (Wildman–Crippen MR) is 110 cm³/mol. The fourth-order valence-electron chi connectivity index (χ4n) is 1.56. The van der Waals surface area contributed by atoms with Crippen LogP contribution >= 0.6 is 34.3 Å². The van der Waals surface area contributed by atoms with Crippen molar-refractivity contribution in [2.24, 2.45) is 0 Å². The van der Waals surface area contributed by atoms with Gasteiger partial charge in [-0.3, -0.25) is 0 Å². The van der Waals surface area contributed by atoms with Crippen LogP contribution in [0.1, 0.15) is 58.9 Å². The molecule has 0 bridgehead atoms. The number of carbonyl (C=O) groups is 2. The van der Waals surface area contributed by atoms with Crippen LogP contribution in [0.2, 0.25) is 4.47 Å². The Morgan fingerprint density at radius 2 is 1.55 bits per heavy atom. The van der Waals surface area contributed by atoms with Crippen LogP contribution in [-0.4, -0.2) is 52.4 Å². The summed E-state index contributed by atoms with van der Waals surface area (Å²) in [4.78, 5) is 30.8. The Labute approximate surface area is 181 Å². The van der Waals surface area contributed by atoms with Gasteiger partial charge in [0.2, 0.25) is 0 Å². The van der Waals surface area contributed by atoms with E-state index in [1.807, 2.05) is 0 Å². The summed E-state index contributed by atoms with van der Waals surface area (Å²) in [6.07, 6.45) is 7.57. The highest BCUT2D eigenvalue weighted by Crippen LogP contribution is 2.29. The van der Waals surface area contributed by atoms with E-state index in [0.717, 1.165) is 37.0 Å². The zero-order valence-electron chi connectivity index (χ0n) is 16.1. The molecule has 2 saturated carbocycles. The van der Waals surface area contributed by atoms with Crippen LogP contribution in [-0.2, 0) is 9.47 Å². The Bertz CT molecular complexity index is 789. The second-order valence-electron chi connectivity index (χ2n) is 5.96. The molecule has 4 rings (SSSR count). The van der Waals surface area contributed by atoms with Gasteiger partial charge in [0.25, 0.3) is 5.19 Å². The smallest absolute Gasteiger partial charge is 0.350 e. The second-order valence-corrected chi connectivity index (χ2v) is 8.56. The summed E-state index contributed by atoms with van der Waals surface area (Å²) >= 11 is 7.86. The highest BCUT2D eigenvalue weighted by molar-refractivity contribution is 7.17. The number of thiazole rings is 2. The van der Waals surface area contributed by atoms with Crippen LogP contribution in [0, 0.1) is 0 Å². The van der Waals surface area contributed by atoms with Crippen LogP contribution < -0.4 is 4.74 Å². The summed E-state index contributed by atoms with van der Waals surface area (Å²) < 4.78 is 15.3. The number of nitrogens with zero attached hydrogens (tertiary/aromatic N) is 2. The van der Waals surface area contributed by atoms with E-state index in [2.05, 4.69) is 9.97 Å². The Hall–Kier alpha value is -1.75. The summed E-state index contributed by atoms with van der Waals surface area (Å²) in [5, 5.41) is 8.73. The molecule has 0 amide bonds. The van der Waals surface area contributed by atoms with Gasteiger partial charge in [-0.05, 0) is 39.5 Å². The Balaban J connectivity index is 0.000000177. The third kappa shape index (κ3) is 9.53. The van der Waals surface area contributed by atoms with Gasteiger partial charge in [-0.15, -0.1) is 0 Å². The maximum atomic E-state index is 11.3. The number of rotatable bonds is 6. The van der Waals surface area contributed by atoms with Crippen molar-refractivity contribution in [3.8, 4) is 5.19 Å². The van der Waals surface area contributed by atoms with Gasteiger partial charge in [-0.25, -0.2) is 19.6 Å². The van der Waals surface area contributed by atoms with Crippen LogP contribution in [0.15, 0.2) is 12.4 Å². The fourth-order valence-corrected chi connectivity index (χ4v) is 3.12. The number of hydrogen-bond donors (Lipinski definition) is 1. The summed E-state index contributed by atoms with van der Waals surface area (Å²) in [7, 11) is 0. The number of carbonyl (C=O) groups excluding carboxylic acids is 2. The van der Waals surface area contributed by atoms with Crippen molar-refractivity contribution in [1.82, 2.24) is 9.97 Å². The van der Waals surface area contributed by atoms with Gasteiger partial charge in [0.05, 0.1) is 31.7 Å². The van der Waals surface area contributed by atoms with E-state index >= 15 is 0 Å². The van der Waals surface area contributed by atoms with Crippen molar-refractivity contribution in [3.63, 3.8) is 0 Å². The molecule has 0 spiro atoms. The number of esters is 2. The van der Waals surface area contributed by atoms with Gasteiger partial charge in [0, 0.05) is 0 Å². The summed E-state index contributed by atoms with van der Waals surface area (Å²) in [6, 6.07) is 0. The lowest BCUT2D eigenvalue weighted by Crippen LogP contribution is -2.01. The molecule has 0 unspecified atom stereocenters. The molecule has 1 N–H and O–H groups in total. The highest BCUT2D eigenvalue weighted by Gasteiger charge is 2.25. The van der Waals surface area contributed by atoms with Gasteiger partial charge in [-0.2, -0.15) is 0 Å². The zero-order chi connectivity index (χ0) is 21.2. The van der Waals surface area contributed by atoms with Crippen molar-refractivity contribution in [3.05, 3.63) is 26.6 Å². The Morgan fingerprint density at radius 1 is 1.03 bits per heavy atom. The number of hydrogen-bond acceptors (Lipinski definition) is 10. The molecule has 2 aromatic heterocycles. The maximum Gasteiger partial charge on any atom is 0.350 e. The van der Waals surface area contributed by atoms with E-state index in [1.165, 1.54) is 23.7 Å². The van der Waals surface area contributed by atoms with E-state index in [4.69, 9.17) is 30.9 Å². The molecule has 2 aliphatic rings. The minimum atomic E-state index is -0.364. The van der Waals surface area contributed by atoms with Gasteiger partial charge in [0.15, 0.2) is 4.47 Å². The number of halogens is 1. The molecule has 0 aromatic carbocycles. The Kier molecular flexibility index (Phi) is 9.79. The maximum absolute atomic E-state index is 11.3. The van der Waals surface area contributed by atoms with Crippen LogP contribution in [0.3, 0.4) is 0 Å². The van der Waals surface area contributed by atoms with Crippen molar-refractivity contribution < 1.29 is 28.9 Å². The molecule has 2 aromatic rings. The lowest BCUT2D eigenvalue weighted by Gasteiger charge is -1.97. The molecule has 0 aliphatic heterocycles. The van der Waals surface area contributed by atoms with Gasteiger partial charge >= 0.3 is 11.9 Å². The molecule has 0 radical (unpaired) electrons. The average molecular weight is 463 g/mol. The average Bonchev–Trinajstić information content (AvgIpc) is 3.57. The SMILES string of the molecule is CCOC(=O)c1cnc(Cl)s1.CCOC(=O)c1cnc(OC2CC2)s1.OC1CC1. The van der Waals surface area contributed by atoms with Crippen molar-refractivity contribution in [1.29, 1.82) is 0 Å². The highest BCUT2D eigenvalue weighted by atomic mass is 35.5. The standard InChI is InChI=1S/C9H11NO3S.C6H6ClNO2S.C3H6O/c1-2-12-8(11)7-5-10-9(14-7)13-6-3-4-6;1-2-10-5(9)4-3-8-6(7)11-4;4-3-1-2-3/h5-6H,2-4H2,1H3;3H,2H2,1H3;3-4H,1-2H2.